The van der Waals surface area contributed by atoms with Crippen LogP contribution in [0.4, 0.5) is 0 Å². The molecular weight excluding hydrogens is 278 g/mol. The van der Waals surface area contributed by atoms with Crippen molar-refractivity contribution in [1.82, 2.24) is 4.90 Å². The van der Waals surface area contributed by atoms with E-state index in [0.717, 1.165) is 0 Å². The molecule has 0 fully saturated rings. The Morgan fingerprint density at radius 1 is 1.64 bits per heavy atom. The van der Waals surface area contributed by atoms with Crippen LogP contribution in [0, 0.1) is 0 Å². The Labute approximate surface area is 87.3 Å². The smallest absolute Gasteiger partial charge is 0.199 e. The van der Waals surface area contributed by atoms with E-state index in [0.29, 0.717) is 11.8 Å². The zero-order valence-electron chi connectivity index (χ0n) is 5.99. The van der Waals surface area contributed by atoms with Crippen molar-refractivity contribution in [3.8, 4) is 0 Å². The van der Waals surface area contributed by atoms with E-state index in [4.69, 9.17) is 23.1 Å². The first-order chi connectivity index (χ1) is 4.61. The minimum Gasteiger partial charge on any atom is -0.384 e. The fourth-order valence-corrected chi connectivity index (χ4v) is 0.857. The van der Waals surface area contributed by atoms with Gasteiger partial charge in [-0.05, 0) is 6.08 Å². The van der Waals surface area contributed by atoms with Crippen LogP contribution < -0.4 is 11.5 Å². The van der Waals surface area contributed by atoms with E-state index in [1.807, 2.05) is 0 Å². The van der Waals surface area contributed by atoms with Gasteiger partial charge in [-0.15, -0.1) is 24.0 Å². The van der Waals surface area contributed by atoms with Gasteiger partial charge in [-0.1, -0.05) is 11.6 Å². The van der Waals surface area contributed by atoms with Gasteiger partial charge in [0.05, 0.1) is 0 Å². The monoisotopic (exact) mass is 288 g/mol. The number of aliphatic imine (C=N–C) groups is 1. The maximum absolute atomic E-state index is 5.77. The van der Waals surface area contributed by atoms with Crippen LogP contribution in [0.25, 0.3) is 0 Å². The minimum atomic E-state index is -0.280. The van der Waals surface area contributed by atoms with Crippen molar-refractivity contribution in [3.63, 3.8) is 0 Å². The zero-order chi connectivity index (χ0) is 7.72. The lowest BCUT2D eigenvalue weighted by Gasteiger charge is -2.24. The number of hydrogen-bond acceptors (Lipinski definition) is 4. The lowest BCUT2D eigenvalue weighted by molar-refractivity contribution is 0.504. The summed E-state index contributed by atoms with van der Waals surface area (Å²) >= 11 is 5.77. The molecule has 0 amide bonds. The van der Waals surface area contributed by atoms with Crippen molar-refractivity contribution in [2.24, 2.45) is 16.5 Å². The minimum absolute atomic E-state index is 0. The number of nitrogens with zero attached hydrogens (tertiary/aromatic N) is 2. The van der Waals surface area contributed by atoms with E-state index < -0.39 is 0 Å². The highest BCUT2D eigenvalue weighted by molar-refractivity contribution is 14.0. The van der Waals surface area contributed by atoms with Crippen molar-refractivity contribution >= 4 is 41.5 Å². The van der Waals surface area contributed by atoms with Crippen LogP contribution in [0.2, 0.25) is 0 Å². The van der Waals surface area contributed by atoms with Gasteiger partial charge in [-0.2, -0.15) is 4.99 Å². The van der Waals surface area contributed by atoms with Crippen LogP contribution in [0.15, 0.2) is 16.9 Å². The summed E-state index contributed by atoms with van der Waals surface area (Å²) in [5.41, 5.74) is 10.5. The normalized spacial score (nSPS) is 23.5. The standard InChI is InChI=1S/C5H9ClN4.HI/c1-10-3(6)2-4(7)9-5(10)8;/h2-3H,7H2,1H3,(H2,8,9);1H. The molecule has 0 bridgehead atoms. The summed E-state index contributed by atoms with van der Waals surface area (Å²) in [6, 6.07) is 0. The highest BCUT2D eigenvalue weighted by Gasteiger charge is 2.15. The van der Waals surface area contributed by atoms with Gasteiger partial charge in [0.1, 0.15) is 11.3 Å². The molecule has 1 aliphatic heterocycles. The highest BCUT2D eigenvalue weighted by atomic mass is 127. The summed E-state index contributed by atoms with van der Waals surface area (Å²) < 4.78 is 0. The van der Waals surface area contributed by atoms with Crippen molar-refractivity contribution in [1.29, 1.82) is 0 Å². The molecule has 4 N–H and O–H groups in total. The molecule has 0 aromatic rings. The molecule has 11 heavy (non-hydrogen) atoms. The molecule has 1 aliphatic rings. The van der Waals surface area contributed by atoms with E-state index in [-0.39, 0.29) is 29.5 Å². The molecule has 4 nitrogen and oxygen atoms in total. The van der Waals surface area contributed by atoms with Gasteiger partial charge in [0.2, 0.25) is 0 Å². The SMILES string of the molecule is CN1C(N)=NC(N)=CC1Cl.I. The molecule has 0 aliphatic carbocycles. The number of alkyl halides is 1. The van der Waals surface area contributed by atoms with Crippen molar-refractivity contribution in [2.45, 2.75) is 5.50 Å². The quantitative estimate of drug-likeness (QED) is 0.381. The van der Waals surface area contributed by atoms with Gasteiger partial charge < -0.3 is 16.4 Å². The van der Waals surface area contributed by atoms with Gasteiger partial charge in [0.15, 0.2) is 5.96 Å². The molecule has 1 atom stereocenters. The summed E-state index contributed by atoms with van der Waals surface area (Å²) in [6.45, 7) is 0. The molecule has 0 aromatic heterocycles. The topological polar surface area (TPSA) is 67.6 Å². The Bertz CT molecular complexity index is 203. The van der Waals surface area contributed by atoms with E-state index in [9.17, 15) is 0 Å². The largest absolute Gasteiger partial charge is 0.384 e. The second-order valence-electron chi connectivity index (χ2n) is 2.05. The maximum Gasteiger partial charge on any atom is 0.199 e. The molecule has 1 unspecified atom stereocenters. The fraction of sp³-hybridized carbons (Fsp3) is 0.400. The Morgan fingerprint density at radius 2 is 2.18 bits per heavy atom. The van der Waals surface area contributed by atoms with Gasteiger partial charge in [0.25, 0.3) is 0 Å². The summed E-state index contributed by atoms with van der Waals surface area (Å²) in [5, 5.41) is 0. The van der Waals surface area contributed by atoms with E-state index in [1.54, 1.807) is 18.0 Å². The number of guanidine groups is 1. The number of rotatable bonds is 0. The van der Waals surface area contributed by atoms with Crippen LogP contribution in [0.5, 0.6) is 0 Å². The molecule has 0 saturated heterocycles. The molecule has 0 spiro atoms. The van der Waals surface area contributed by atoms with E-state index in [1.165, 1.54) is 0 Å². The third kappa shape index (κ3) is 2.41. The predicted octanol–water partition coefficient (Wildman–Crippen LogP) is 0.230. The summed E-state index contributed by atoms with van der Waals surface area (Å²) in [5.74, 6) is 0.718. The van der Waals surface area contributed by atoms with Crippen molar-refractivity contribution in [2.75, 3.05) is 7.05 Å². The van der Waals surface area contributed by atoms with Gasteiger partial charge in [0, 0.05) is 7.05 Å². The van der Waals surface area contributed by atoms with Crippen LogP contribution in [-0.2, 0) is 0 Å². The molecule has 0 saturated carbocycles. The first-order valence-corrected chi connectivity index (χ1v) is 3.23. The number of nitrogens with two attached hydrogens (primary N) is 2. The Balaban J connectivity index is 0.000001000. The lowest BCUT2D eigenvalue weighted by atomic mass is 10.4. The van der Waals surface area contributed by atoms with Crippen LogP contribution >= 0.6 is 35.6 Å². The highest BCUT2D eigenvalue weighted by Crippen LogP contribution is 2.10. The summed E-state index contributed by atoms with van der Waals surface area (Å²) in [7, 11) is 1.75. The molecule has 64 valence electrons. The Morgan fingerprint density at radius 3 is 2.64 bits per heavy atom. The average Bonchev–Trinajstić information content (AvgIpc) is 1.82. The molecule has 6 heteroatoms. The number of halogens is 2. The third-order valence-corrected chi connectivity index (χ3v) is 1.70. The first-order valence-electron chi connectivity index (χ1n) is 2.79. The average molecular weight is 289 g/mol. The molecular formula is C5H10ClIN4. The van der Waals surface area contributed by atoms with E-state index in [2.05, 4.69) is 4.99 Å². The second kappa shape index (κ2) is 4.01. The zero-order valence-corrected chi connectivity index (χ0v) is 9.08. The number of likely N-dealkylation sites (N-methyl/N-ethyl adjacent to an activating group) is 1. The van der Waals surface area contributed by atoms with Crippen molar-refractivity contribution in [3.05, 3.63) is 11.9 Å². The van der Waals surface area contributed by atoms with Gasteiger partial charge in [-0.25, -0.2) is 0 Å². The Kier molecular flexibility index (Phi) is 3.95. The van der Waals surface area contributed by atoms with Crippen LogP contribution in [-0.4, -0.2) is 23.4 Å². The second-order valence-corrected chi connectivity index (χ2v) is 2.49. The summed E-state index contributed by atoms with van der Waals surface area (Å²) in [6.07, 6.45) is 1.62. The van der Waals surface area contributed by atoms with Gasteiger partial charge in [-0.3, -0.25) is 0 Å². The van der Waals surface area contributed by atoms with Crippen LogP contribution in [0.1, 0.15) is 0 Å². The van der Waals surface area contributed by atoms with Crippen LogP contribution in [0.3, 0.4) is 0 Å². The molecule has 1 rings (SSSR count). The molecule has 0 radical (unpaired) electrons. The lowest BCUT2D eigenvalue weighted by Crippen LogP contribution is -2.41. The number of hydrogen-bond donors (Lipinski definition) is 2. The third-order valence-electron chi connectivity index (χ3n) is 1.28. The first kappa shape index (κ1) is 10.8. The molecule has 1 heterocycles. The predicted molar refractivity (Wildman–Crippen MR) is 56.7 cm³/mol. The molecule has 0 aromatic carbocycles. The van der Waals surface area contributed by atoms with E-state index >= 15 is 0 Å². The maximum atomic E-state index is 5.77. The fourth-order valence-electron chi connectivity index (χ4n) is 0.627. The van der Waals surface area contributed by atoms with Crippen molar-refractivity contribution < 1.29 is 0 Å². The summed E-state index contributed by atoms with van der Waals surface area (Å²) in [4.78, 5) is 5.41. The Hall–Kier alpha value is -0.170. The van der Waals surface area contributed by atoms with Gasteiger partial charge >= 0.3 is 0 Å².